The fourth-order valence-electron chi connectivity index (χ4n) is 2.07. The number of fused-ring (bicyclic) bond motifs is 1. The van der Waals surface area contributed by atoms with E-state index in [1.54, 1.807) is 0 Å². The van der Waals surface area contributed by atoms with Crippen LogP contribution in [0.5, 0.6) is 0 Å². The first-order valence-electron chi connectivity index (χ1n) is 5.97. The number of hydrogen-bond acceptors (Lipinski definition) is 3. The highest BCUT2D eigenvalue weighted by Crippen LogP contribution is 2.21. The molecule has 0 saturated heterocycles. The minimum Gasteiger partial charge on any atom is -0.396 e. The number of ketones is 1. The van der Waals surface area contributed by atoms with E-state index in [9.17, 15) is 18.4 Å². The van der Waals surface area contributed by atoms with Crippen molar-refractivity contribution >= 4 is 22.5 Å². The molecule has 0 spiro atoms. The highest BCUT2D eigenvalue weighted by atomic mass is 19.1. The number of hydrogen-bond donors (Lipinski definition) is 3. The Balaban J connectivity index is 2.11. The largest absolute Gasteiger partial charge is 0.396 e. The molecule has 5 nitrogen and oxygen atoms in total. The molecule has 1 heterocycles. The summed E-state index contributed by atoms with van der Waals surface area (Å²) in [6, 6.07) is 5.89. The Morgan fingerprint density at radius 2 is 1.71 bits per heavy atom. The lowest BCUT2D eigenvalue weighted by Crippen LogP contribution is -2.06. The first-order valence-corrected chi connectivity index (χ1v) is 5.97. The standard InChI is InChI=1S/C14H9F2N3O2/c15-8-5-9(16)10(17)4-7(8)13(20)6-1-2-11-12(3-6)19-14(21)18-11/h1-5H,17H2,(H2,18,19,21). The number of benzene rings is 2. The molecule has 1 aromatic heterocycles. The number of H-pyrrole nitrogens is 2. The number of nitrogens with two attached hydrogens (primary N) is 1. The van der Waals surface area contributed by atoms with Gasteiger partial charge in [-0.05, 0) is 24.3 Å². The van der Waals surface area contributed by atoms with Gasteiger partial charge in [-0.3, -0.25) is 4.79 Å². The van der Waals surface area contributed by atoms with E-state index in [0.29, 0.717) is 17.1 Å². The predicted molar refractivity (Wildman–Crippen MR) is 73.1 cm³/mol. The summed E-state index contributed by atoms with van der Waals surface area (Å²) in [6.07, 6.45) is 0. The van der Waals surface area contributed by atoms with E-state index < -0.39 is 23.1 Å². The third kappa shape index (κ3) is 2.18. The Hall–Kier alpha value is -2.96. The molecule has 106 valence electrons. The maximum absolute atomic E-state index is 13.7. The Morgan fingerprint density at radius 3 is 2.48 bits per heavy atom. The Bertz CT molecular complexity index is 928. The highest BCUT2D eigenvalue weighted by Gasteiger charge is 2.17. The quantitative estimate of drug-likeness (QED) is 0.497. The summed E-state index contributed by atoms with van der Waals surface area (Å²) in [5.74, 6) is -2.56. The molecule has 0 aliphatic rings. The van der Waals surface area contributed by atoms with Crippen LogP contribution >= 0.6 is 0 Å². The molecule has 0 aliphatic carbocycles. The zero-order valence-corrected chi connectivity index (χ0v) is 10.5. The second kappa shape index (κ2) is 4.55. The van der Waals surface area contributed by atoms with Gasteiger partial charge in [0.15, 0.2) is 5.78 Å². The molecule has 0 atom stereocenters. The Kier molecular flexibility index (Phi) is 2.83. The average Bonchev–Trinajstić information content (AvgIpc) is 2.81. The van der Waals surface area contributed by atoms with Crippen LogP contribution in [0.2, 0.25) is 0 Å². The van der Waals surface area contributed by atoms with Crippen LogP contribution in [0.3, 0.4) is 0 Å². The molecule has 3 rings (SSSR count). The second-order valence-electron chi connectivity index (χ2n) is 4.52. The monoisotopic (exact) mass is 289 g/mol. The minimum atomic E-state index is -0.991. The highest BCUT2D eigenvalue weighted by molar-refractivity contribution is 6.10. The van der Waals surface area contributed by atoms with Gasteiger partial charge in [0.25, 0.3) is 0 Å². The van der Waals surface area contributed by atoms with E-state index >= 15 is 0 Å². The van der Waals surface area contributed by atoms with Gasteiger partial charge in [-0.1, -0.05) is 0 Å². The van der Waals surface area contributed by atoms with Crippen LogP contribution in [0.1, 0.15) is 15.9 Å². The van der Waals surface area contributed by atoms with Crippen molar-refractivity contribution < 1.29 is 13.6 Å². The fraction of sp³-hybridized carbons (Fsp3) is 0. The smallest absolute Gasteiger partial charge is 0.323 e. The van der Waals surface area contributed by atoms with Crippen molar-refractivity contribution in [3.8, 4) is 0 Å². The molecule has 7 heteroatoms. The molecule has 21 heavy (non-hydrogen) atoms. The summed E-state index contributed by atoms with van der Waals surface area (Å²) >= 11 is 0. The van der Waals surface area contributed by atoms with Gasteiger partial charge in [0.05, 0.1) is 22.3 Å². The van der Waals surface area contributed by atoms with Crippen molar-refractivity contribution in [3.05, 3.63) is 63.6 Å². The number of imidazole rings is 1. The van der Waals surface area contributed by atoms with Crippen LogP contribution in [0.15, 0.2) is 35.1 Å². The van der Waals surface area contributed by atoms with Gasteiger partial charge in [0, 0.05) is 11.6 Å². The summed E-state index contributed by atoms with van der Waals surface area (Å²) in [6.45, 7) is 0. The molecule has 0 bridgehead atoms. The number of nitrogens with one attached hydrogen (secondary N) is 2. The first kappa shape index (κ1) is 13.0. The van der Waals surface area contributed by atoms with Gasteiger partial charge >= 0.3 is 5.69 Å². The van der Waals surface area contributed by atoms with E-state index in [-0.39, 0.29) is 16.8 Å². The Labute approximate surface area is 116 Å². The lowest BCUT2D eigenvalue weighted by atomic mass is 10.0. The molecular weight excluding hydrogens is 280 g/mol. The molecule has 0 unspecified atom stereocenters. The topological polar surface area (TPSA) is 91.7 Å². The number of halogens is 2. The first-order chi connectivity index (χ1) is 9.95. The zero-order valence-electron chi connectivity index (χ0n) is 10.5. The Morgan fingerprint density at radius 1 is 1.00 bits per heavy atom. The SMILES string of the molecule is Nc1cc(C(=O)c2ccc3[nH]c(=O)[nH]c3c2)c(F)cc1F. The molecular formula is C14H9F2N3O2. The molecule has 4 N–H and O–H groups in total. The van der Waals surface area contributed by atoms with E-state index in [4.69, 9.17) is 5.73 Å². The summed E-state index contributed by atoms with van der Waals surface area (Å²) in [5.41, 5.74) is 5.40. The van der Waals surface area contributed by atoms with Crippen LogP contribution in [-0.2, 0) is 0 Å². The maximum atomic E-state index is 13.7. The van der Waals surface area contributed by atoms with Gasteiger partial charge in [-0.2, -0.15) is 0 Å². The van der Waals surface area contributed by atoms with Gasteiger partial charge in [-0.25, -0.2) is 13.6 Å². The van der Waals surface area contributed by atoms with Crippen LogP contribution < -0.4 is 11.4 Å². The molecule has 0 amide bonds. The third-order valence-electron chi connectivity index (χ3n) is 3.11. The number of anilines is 1. The third-order valence-corrected chi connectivity index (χ3v) is 3.11. The normalized spacial score (nSPS) is 11.0. The van der Waals surface area contributed by atoms with Crippen LogP contribution in [0, 0.1) is 11.6 Å². The minimum absolute atomic E-state index is 0.155. The van der Waals surface area contributed by atoms with Crippen LogP contribution in [0.4, 0.5) is 14.5 Å². The van der Waals surface area contributed by atoms with Crippen molar-refractivity contribution in [3.63, 3.8) is 0 Å². The summed E-state index contributed by atoms with van der Waals surface area (Å²) in [4.78, 5) is 28.4. The molecule has 0 radical (unpaired) electrons. The maximum Gasteiger partial charge on any atom is 0.323 e. The zero-order chi connectivity index (χ0) is 15.1. The average molecular weight is 289 g/mol. The number of aromatic amines is 2. The van der Waals surface area contributed by atoms with Crippen LogP contribution in [0.25, 0.3) is 11.0 Å². The van der Waals surface area contributed by atoms with Crippen molar-refractivity contribution in [1.29, 1.82) is 0 Å². The van der Waals surface area contributed by atoms with E-state index in [1.165, 1.54) is 18.2 Å². The van der Waals surface area contributed by atoms with Gasteiger partial charge in [0.1, 0.15) is 11.6 Å². The molecule has 0 fully saturated rings. The van der Waals surface area contributed by atoms with Crippen molar-refractivity contribution in [2.45, 2.75) is 0 Å². The van der Waals surface area contributed by atoms with Crippen LogP contribution in [-0.4, -0.2) is 15.8 Å². The number of aromatic nitrogens is 2. The van der Waals surface area contributed by atoms with Crippen molar-refractivity contribution in [1.82, 2.24) is 9.97 Å². The predicted octanol–water partition coefficient (Wildman–Crippen LogP) is 1.95. The molecule has 0 saturated carbocycles. The van der Waals surface area contributed by atoms with E-state index in [2.05, 4.69) is 9.97 Å². The molecule has 3 aromatic rings. The number of nitrogen functional groups attached to an aromatic ring is 1. The van der Waals surface area contributed by atoms with Gasteiger partial charge in [0.2, 0.25) is 0 Å². The van der Waals surface area contributed by atoms with E-state index in [1.807, 2.05) is 0 Å². The summed E-state index contributed by atoms with van der Waals surface area (Å²) < 4.78 is 26.8. The van der Waals surface area contributed by atoms with Gasteiger partial charge in [-0.15, -0.1) is 0 Å². The van der Waals surface area contributed by atoms with Gasteiger partial charge < -0.3 is 15.7 Å². The second-order valence-corrected chi connectivity index (χ2v) is 4.52. The van der Waals surface area contributed by atoms with Crippen molar-refractivity contribution in [2.75, 3.05) is 5.73 Å². The number of carbonyl (C=O) groups excluding carboxylic acids is 1. The number of rotatable bonds is 2. The molecule has 2 aromatic carbocycles. The molecule has 0 aliphatic heterocycles. The summed E-state index contributed by atoms with van der Waals surface area (Å²) in [7, 11) is 0. The van der Waals surface area contributed by atoms with E-state index in [0.717, 1.165) is 6.07 Å². The van der Waals surface area contributed by atoms with Crippen molar-refractivity contribution in [2.24, 2.45) is 0 Å². The summed E-state index contributed by atoms with van der Waals surface area (Å²) in [5, 5.41) is 0. The number of carbonyl (C=O) groups is 1. The lowest BCUT2D eigenvalue weighted by molar-refractivity contribution is 0.103. The fourth-order valence-corrected chi connectivity index (χ4v) is 2.07. The lowest BCUT2D eigenvalue weighted by Gasteiger charge is -2.05.